The lowest BCUT2D eigenvalue weighted by Gasteiger charge is -2.44. The van der Waals surface area contributed by atoms with E-state index in [1.54, 1.807) is 0 Å². The van der Waals surface area contributed by atoms with Gasteiger partial charge in [-0.05, 0) is 97.6 Å². The molecule has 1 N–H and O–H groups in total. The molecule has 2 atom stereocenters. The van der Waals surface area contributed by atoms with Crippen LogP contribution < -0.4 is 10.2 Å². The van der Waals surface area contributed by atoms with Crippen molar-refractivity contribution in [2.45, 2.75) is 11.6 Å². The molecular weight excluding hydrogens is 777 g/mol. The Morgan fingerprint density at radius 2 is 0.906 bits per heavy atom. The SMILES string of the molecule is c1ccc(-c2cc(-c3cccc(-c4cccc(-c5ccc6c(c5)C5(c7ccccc7-6)c6ccccc6N6c7c(cccc75)NC6c5ccccc5)c4)c3)nc(-c3ccccc3)n2)cc1. The van der Waals surface area contributed by atoms with Crippen molar-refractivity contribution in [3.63, 3.8) is 0 Å². The van der Waals surface area contributed by atoms with Gasteiger partial charge in [-0.1, -0.05) is 194 Å². The zero-order valence-electron chi connectivity index (χ0n) is 34.9. The molecule has 1 aliphatic carbocycles. The quantitative estimate of drug-likeness (QED) is 0.181. The van der Waals surface area contributed by atoms with Crippen LogP contribution >= 0.6 is 0 Å². The van der Waals surface area contributed by atoms with E-state index in [1.165, 1.54) is 61.4 Å². The molecule has 4 heteroatoms. The molecule has 10 aromatic rings. The molecule has 0 radical (unpaired) electrons. The molecule has 4 nitrogen and oxygen atoms in total. The molecule has 2 aliphatic heterocycles. The van der Waals surface area contributed by atoms with Crippen LogP contribution in [0.3, 0.4) is 0 Å². The van der Waals surface area contributed by atoms with E-state index in [0.29, 0.717) is 5.82 Å². The summed E-state index contributed by atoms with van der Waals surface area (Å²) in [5, 5.41) is 3.94. The topological polar surface area (TPSA) is 41.0 Å². The lowest BCUT2D eigenvalue weighted by atomic mass is 9.64. The Kier molecular flexibility index (Phi) is 8.16. The fourth-order valence-corrected chi connectivity index (χ4v) is 10.7. The lowest BCUT2D eigenvalue weighted by Crippen LogP contribution is -2.37. The van der Waals surface area contributed by atoms with E-state index in [0.717, 1.165) is 44.9 Å². The molecule has 0 bridgehead atoms. The van der Waals surface area contributed by atoms with Crippen LogP contribution in [0.2, 0.25) is 0 Å². The summed E-state index contributed by atoms with van der Waals surface area (Å²) in [5.41, 5.74) is 21.7. The molecule has 9 aromatic carbocycles. The van der Waals surface area contributed by atoms with E-state index in [-0.39, 0.29) is 6.17 Å². The minimum absolute atomic E-state index is 0.0225. The van der Waals surface area contributed by atoms with Crippen LogP contribution in [-0.2, 0) is 5.41 Å². The van der Waals surface area contributed by atoms with E-state index in [9.17, 15) is 0 Å². The standard InChI is InChI=1S/C60H40N4/c1-4-17-39(18-5-1)54-38-55(62-58(61-54)40-19-6-2-7-20-40)46-26-15-25-44(36-46)42-23-14-24-43(35-42)45-33-34-48-47-27-10-11-28-49(47)60(52(48)37-45)50-29-12-13-32-56(50)64-57-51(60)30-16-31-53(57)63-59(64)41-21-8-3-9-22-41/h1-38,59,63H. The maximum atomic E-state index is 5.14. The van der Waals surface area contributed by atoms with Gasteiger partial charge in [0.05, 0.1) is 28.2 Å². The molecule has 3 heterocycles. The first-order valence-electron chi connectivity index (χ1n) is 22.0. The molecule has 1 aromatic heterocycles. The van der Waals surface area contributed by atoms with Crippen molar-refractivity contribution in [1.82, 2.24) is 9.97 Å². The molecule has 64 heavy (non-hydrogen) atoms. The van der Waals surface area contributed by atoms with Gasteiger partial charge in [-0.3, -0.25) is 0 Å². The van der Waals surface area contributed by atoms with Crippen LogP contribution in [0.15, 0.2) is 231 Å². The highest BCUT2D eigenvalue weighted by atomic mass is 15.3. The van der Waals surface area contributed by atoms with Gasteiger partial charge in [-0.15, -0.1) is 0 Å². The number of anilines is 3. The van der Waals surface area contributed by atoms with Crippen LogP contribution in [0.1, 0.15) is 34.0 Å². The third-order valence-corrected chi connectivity index (χ3v) is 13.5. The molecule has 1 spiro atoms. The third kappa shape index (κ3) is 5.49. The first kappa shape index (κ1) is 36.3. The minimum atomic E-state index is -0.520. The largest absolute Gasteiger partial charge is 0.359 e. The summed E-state index contributed by atoms with van der Waals surface area (Å²) in [7, 11) is 0. The van der Waals surface area contributed by atoms with Crippen molar-refractivity contribution in [3.05, 3.63) is 258 Å². The van der Waals surface area contributed by atoms with Gasteiger partial charge in [-0.25, -0.2) is 9.97 Å². The highest BCUT2D eigenvalue weighted by Gasteiger charge is 2.54. The molecule has 3 aliphatic rings. The van der Waals surface area contributed by atoms with Gasteiger partial charge in [0.2, 0.25) is 0 Å². The number of aromatic nitrogens is 2. The highest BCUT2D eigenvalue weighted by molar-refractivity contribution is 5.99. The van der Waals surface area contributed by atoms with Gasteiger partial charge in [0.15, 0.2) is 5.82 Å². The molecular formula is C60H40N4. The lowest BCUT2D eigenvalue weighted by molar-refractivity contribution is 0.720. The summed E-state index contributed by atoms with van der Waals surface area (Å²) in [6.45, 7) is 0. The van der Waals surface area contributed by atoms with E-state index in [2.05, 4.69) is 216 Å². The van der Waals surface area contributed by atoms with Crippen LogP contribution in [0.25, 0.3) is 67.3 Å². The van der Waals surface area contributed by atoms with Gasteiger partial charge in [0.25, 0.3) is 0 Å². The average Bonchev–Trinajstić information content (AvgIpc) is 3.91. The first-order chi connectivity index (χ1) is 31.7. The predicted octanol–water partition coefficient (Wildman–Crippen LogP) is 14.8. The van der Waals surface area contributed by atoms with Gasteiger partial charge < -0.3 is 10.2 Å². The number of nitrogens with zero attached hydrogens (tertiary/aromatic N) is 3. The summed E-state index contributed by atoms with van der Waals surface area (Å²) in [5.74, 6) is 0.710. The van der Waals surface area contributed by atoms with E-state index in [1.807, 2.05) is 24.3 Å². The van der Waals surface area contributed by atoms with Gasteiger partial charge in [-0.2, -0.15) is 0 Å². The van der Waals surface area contributed by atoms with Crippen molar-refractivity contribution in [1.29, 1.82) is 0 Å². The Hall–Kier alpha value is -8.34. The minimum Gasteiger partial charge on any atom is -0.359 e. The Morgan fingerprint density at radius 1 is 0.375 bits per heavy atom. The Morgan fingerprint density at radius 3 is 1.66 bits per heavy atom. The fourth-order valence-electron chi connectivity index (χ4n) is 10.7. The summed E-state index contributed by atoms with van der Waals surface area (Å²) < 4.78 is 0. The van der Waals surface area contributed by atoms with Gasteiger partial charge in [0, 0.05) is 22.4 Å². The summed E-state index contributed by atoms with van der Waals surface area (Å²) >= 11 is 0. The van der Waals surface area contributed by atoms with E-state index >= 15 is 0 Å². The number of hydrogen-bond acceptors (Lipinski definition) is 4. The Bertz CT molecular complexity index is 3380. The number of fused-ring (bicyclic) bond motifs is 9. The molecule has 0 fully saturated rings. The van der Waals surface area contributed by atoms with Gasteiger partial charge in [0.1, 0.15) is 6.17 Å². The maximum absolute atomic E-state index is 5.14. The third-order valence-electron chi connectivity index (χ3n) is 13.5. The number of rotatable bonds is 6. The van der Waals surface area contributed by atoms with Crippen LogP contribution in [0.5, 0.6) is 0 Å². The smallest absolute Gasteiger partial charge is 0.160 e. The zero-order chi connectivity index (χ0) is 42.2. The second-order valence-corrected chi connectivity index (χ2v) is 17.0. The molecule has 0 saturated heterocycles. The summed E-state index contributed by atoms with van der Waals surface area (Å²) in [4.78, 5) is 12.7. The van der Waals surface area contributed by atoms with Crippen LogP contribution in [0.4, 0.5) is 17.1 Å². The number of hydrogen-bond donors (Lipinski definition) is 1. The van der Waals surface area contributed by atoms with E-state index in [4.69, 9.17) is 9.97 Å². The van der Waals surface area contributed by atoms with E-state index < -0.39 is 5.41 Å². The van der Waals surface area contributed by atoms with Crippen LogP contribution in [-0.4, -0.2) is 9.97 Å². The summed E-state index contributed by atoms with van der Waals surface area (Å²) in [6, 6.07) is 83.4. The highest BCUT2D eigenvalue weighted by Crippen LogP contribution is 2.66. The second-order valence-electron chi connectivity index (χ2n) is 17.0. The zero-order valence-corrected chi connectivity index (χ0v) is 34.9. The summed E-state index contributed by atoms with van der Waals surface area (Å²) in [6.07, 6.45) is -0.0225. The first-order valence-corrected chi connectivity index (χ1v) is 22.0. The maximum Gasteiger partial charge on any atom is 0.160 e. The predicted molar refractivity (Wildman–Crippen MR) is 261 cm³/mol. The number of benzene rings is 9. The van der Waals surface area contributed by atoms with Crippen molar-refractivity contribution in [2.24, 2.45) is 0 Å². The number of para-hydroxylation sites is 2. The number of nitrogens with one attached hydrogen (secondary N) is 1. The van der Waals surface area contributed by atoms with Crippen molar-refractivity contribution >= 4 is 17.1 Å². The molecule has 0 amide bonds. The van der Waals surface area contributed by atoms with Crippen molar-refractivity contribution in [2.75, 3.05) is 10.2 Å². The monoisotopic (exact) mass is 816 g/mol. The van der Waals surface area contributed by atoms with Crippen molar-refractivity contribution < 1.29 is 0 Å². The second kappa shape index (κ2) is 14.4. The van der Waals surface area contributed by atoms with Gasteiger partial charge >= 0.3 is 0 Å². The average molecular weight is 817 g/mol. The molecule has 13 rings (SSSR count). The van der Waals surface area contributed by atoms with Crippen molar-refractivity contribution in [3.8, 4) is 67.3 Å². The molecule has 300 valence electrons. The fraction of sp³-hybridized carbons (Fsp3) is 0.0333. The Balaban J connectivity index is 0.939. The van der Waals surface area contributed by atoms with Crippen LogP contribution in [0, 0.1) is 0 Å². The Labute approximate surface area is 372 Å². The molecule has 2 unspecified atom stereocenters. The molecule has 0 saturated carbocycles. The normalized spacial score (nSPS) is 16.1.